The molecule has 0 aliphatic carbocycles. The summed E-state index contributed by atoms with van der Waals surface area (Å²) in [5, 5.41) is 3.43. The molecule has 0 atom stereocenters. The first-order chi connectivity index (χ1) is 14.4. The number of hydrogen-bond acceptors (Lipinski definition) is 4. The Morgan fingerprint density at radius 3 is 2.63 bits per heavy atom. The van der Waals surface area contributed by atoms with Gasteiger partial charge < -0.3 is 5.32 Å². The zero-order chi connectivity index (χ0) is 21.7. The Hall–Kier alpha value is -1.86. The number of benzene rings is 2. The zero-order valence-electron chi connectivity index (χ0n) is 16.3. The van der Waals surface area contributed by atoms with Crippen LogP contribution in [-0.2, 0) is 16.0 Å². The minimum Gasteiger partial charge on any atom is -0.325 e. The molecule has 0 unspecified atom stereocenters. The van der Waals surface area contributed by atoms with Crippen LogP contribution >= 0.6 is 47.2 Å². The first-order valence-corrected chi connectivity index (χ1v) is 11.4. The van der Waals surface area contributed by atoms with Crippen molar-refractivity contribution < 1.29 is 9.59 Å². The molecular weight excluding hydrogens is 459 g/mol. The van der Waals surface area contributed by atoms with E-state index >= 15 is 0 Å². The number of nitrogens with zero attached hydrogens (tertiary/aromatic N) is 1. The molecule has 1 fully saturated rings. The van der Waals surface area contributed by atoms with Crippen molar-refractivity contribution in [2.45, 2.75) is 26.2 Å². The standard InChI is InChI=1S/C22H20Cl2N2O2S2/c1-2-14-8-10-15(11-9-14)13-18-21(28)26(22(29)30-18)12-4-7-19(27)25-17-6-3-5-16(23)20(17)24/h3,5-6,8-11,13H,2,4,7,12H2,1H3,(H,25,27). The summed E-state index contributed by atoms with van der Waals surface area (Å²) in [7, 11) is 0. The lowest BCUT2D eigenvalue weighted by Crippen LogP contribution is -2.29. The molecule has 0 aromatic heterocycles. The maximum absolute atomic E-state index is 12.7. The van der Waals surface area contributed by atoms with Crippen LogP contribution in [0.15, 0.2) is 47.4 Å². The fourth-order valence-corrected chi connectivity index (χ4v) is 4.56. The van der Waals surface area contributed by atoms with Crippen LogP contribution in [0.2, 0.25) is 10.0 Å². The molecule has 0 saturated carbocycles. The van der Waals surface area contributed by atoms with Crippen LogP contribution in [0.4, 0.5) is 5.69 Å². The summed E-state index contributed by atoms with van der Waals surface area (Å²) in [6.07, 6.45) is 3.54. The lowest BCUT2D eigenvalue weighted by atomic mass is 10.1. The van der Waals surface area contributed by atoms with E-state index in [-0.39, 0.29) is 18.2 Å². The Balaban J connectivity index is 1.54. The van der Waals surface area contributed by atoms with E-state index in [4.69, 9.17) is 35.4 Å². The molecular formula is C22H20Cl2N2O2S2. The quantitative estimate of drug-likeness (QED) is 0.381. The van der Waals surface area contributed by atoms with Crippen LogP contribution in [0, 0.1) is 0 Å². The highest BCUT2D eigenvalue weighted by Crippen LogP contribution is 2.33. The number of hydrogen-bond donors (Lipinski definition) is 1. The Kier molecular flexibility index (Phi) is 7.94. The van der Waals surface area contributed by atoms with Gasteiger partial charge in [-0.1, -0.05) is 84.4 Å². The highest BCUT2D eigenvalue weighted by Gasteiger charge is 2.31. The third kappa shape index (κ3) is 5.64. The second-order valence-corrected chi connectivity index (χ2v) is 9.14. The predicted octanol–water partition coefficient (Wildman–Crippen LogP) is 6.18. The number of rotatable bonds is 7. The van der Waals surface area contributed by atoms with Gasteiger partial charge in [0.05, 0.1) is 20.6 Å². The van der Waals surface area contributed by atoms with Gasteiger partial charge in [0.15, 0.2) is 0 Å². The van der Waals surface area contributed by atoms with Crippen molar-refractivity contribution in [3.63, 3.8) is 0 Å². The van der Waals surface area contributed by atoms with Gasteiger partial charge in [0.1, 0.15) is 4.32 Å². The average Bonchev–Trinajstić information content (AvgIpc) is 2.99. The molecule has 1 aliphatic rings. The van der Waals surface area contributed by atoms with Crippen molar-refractivity contribution in [1.82, 2.24) is 4.90 Å². The van der Waals surface area contributed by atoms with Crippen molar-refractivity contribution >= 4 is 75.1 Å². The Labute approximate surface area is 195 Å². The van der Waals surface area contributed by atoms with Crippen molar-refractivity contribution in [2.24, 2.45) is 0 Å². The van der Waals surface area contributed by atoms with Gasteiger partial charge in [0.25, 0.3) is 5.91 Å². The molecule has 3 rings (SSSR count). The van der Waals surface area contributed by atoms with Crippen molar-refractivity contribution in [1.29, 1.82) is 0 Å². The molecule has 2 amide bonds. The minimum absolute atomic E-state index is 0.122. The monoisotopic (exact) mass is 478 g/mol. The van der Waals surface area contributed by atoms with Gasteiger partial charge >= 0.3 is 0 Å². The second kappa shape index (κ2) is 10.4. The maximum atomic E-state index is 12.7. The summed E-state index contributed by atoms with van der Waals surface area (Å²) >= 11 is 18.7. The predicted molar refractivity (Wildman–Crippen MR) is 130 cm³/mol. The van der Waals surface area contributed by atoms with Crippen LogP contribution in [0.5, 0.6) is 0 Å². The van der Waals surface area contributed by atoms with E-state index < -0.39 is 0 Å². The van der Waals surface area contributed by atoms with Crippen molar-refractivity contribution in [2.75, 3.05) is 11.9 Å². The molecule has 8 heteroatoms. The van der Waals surface area contributed by atoms with E-state index in [9.17, 15) is 9.59 Å². The number of nitrogens with one attached hydrogen (secondary N) is 1. The second-order valence-electron chi connectivity index (χ2n) is 6.68. The summed E-state index contributed by atoms with van der Waals surface area (Å²) in [5.41, 5.74) is 2.68. The van der Waals surface area contributed by atoms with E-state index in [1.165, 1.54) is 17.3 Å². The van der Waals surface area contributed by atoms with E-state index in [0.29, 0.717) is 37.9 Å². The van der Waals surface area contributed by atoms with Crippen LogP contribution in [-0.4, -0.2) is 27.6 Å². The fourth-order valence-electron chi connectivity index (χ4n) is 2.90. The number of amides is 2. The molecule has 1 heterocycles. The molecule has 156 valence electrons. The molecule has 0 bridgehead atoms. The Morgan fingerprint density at radius 2 is 1.93 bits per heavy atom. The maximum Gasteiger partial charge on any atom is 0.266 e. The number of aryl methyl sites for hydroxylation is 1. The van der Waals surface area contributed by atoms with Crippen molar-refractivity contribution in [3.8, 4) is 0 Å². The van der Waals surface area contributed by atoms with Crippen LogP contribution in [0.25, 0.3) is 6.08 Å². The van der Waals surface area contributed by atoms with Crippen molar-refractivity contribution in [3.05, 3.63) is 68.5 Å². The average molecular weight is 479 g/mol. The van der Waals surface area contributed by atoms with Gasteiger partial charge in [0.2, 0.25) is 5.91 Å². The smallest absolute Gasteiger partial charge is 0.266 e. The summed E-state index contributed by atoms with van der Waals surface area (Å²) in [6.45, 7) is 2.48. The van der Waals surface area contributed by atoms with Crippen LogP contribution in [0.1, 0.15) is 30.9 Å². The molecule has 1 saturated heterocycles. The molecule has 2 aromatic carbocycles. The van der Waals surface area contributed by atoms with Gasteiger partial charge in [-0.2, -0.15) is 0 Å². The summed E-state index contributed by atoms with van der Waals surface area (Å²) < 4.78 is 0.509. The molecule has 1 N–H and O–H groups in total. The zero-order valence-corrected chi connectivity index (χ0v) is 19.4. The minimum atomic E-state index is -0.198. The fraction of sp³-hybridized carbons (Fsp3) is 0.227. The summed E-state index contributed by atoms with van der Waals surface area (Å²) in [6, 6.07) is 13.2. The van der Waals surface area contributed by atoms with Gasteiger partial charge in [-0.25, -0.2) is 0 Å². The Morgan fingerprint density at radius 1 is 1.20 bits per heavy atom. The highest BCUT2D eigenvalue weighted by atomic mass is 35.5. The number of thioether (sulfide) groups is 1. The van der Waals surface area contributed by atoms with Gasteiger partial charge in [-0.3, -0.25) is 14.5 Å². The highest BCUT2D eigenvalue weighted by molar-refractivity contribution is 8.26. The summed E-state index contributed by atoms with van der Waals surface area (Å²) in [5.74, 6) is -0.320. The number of anilines is 1. The molecule has 0 radical (unpaired) electrons. The van der Waals surface area contributed by atoms with Gasteiger partial charge in [-0.15, -0.1) is 0 Å². The lowest BCUT2D eigenvalue weighted by molar-refractivity contribution is -0.122. The number of halogens is 2. The van der Waals surface area contributed by atoms with Crippen LogP contribution in [0.3, 0.4) is 0 Å². The topological polar surface area (TPSA) is 49.4 Å². The first-order valence-electron chi connectivity index (χ1n) is 9.47. The third-order valence-corrected chi connectivity index (χ3v) is 6.77. The third-order valence-electron chi connectivity index (χ3n) is 4.57. The molecule has 4 nitrogen and oxygen atoms in total. The van der Waals surface area contributed by atoms with Crippen LogP contribution < -0.4 is 5.32 Å². The lowest BCUT2D eigenvalue weighted by Gasteiger charge is -2.14. The molecule has 0 spiro atoms. The molecule has 30 heavy (non-hydrogen) atoms. The largest absolute Gasteiger partial charge is 0.325 e. The number of thiocarbonyl (C=S) groups is 1. The summed E-state index contributed by atoms with van der Waals surface area (Å²) in [4.78, 5) is 27.1. The van der Waals surface area contributed by atoms with E-state index in [1.54, 1.807) is 23.1 Å². The number of carbonyl (C=O) groups is 2. The SMILES string of the molecule is CCc1ccc(C=C2SC(=S)N(CCCC(=O)Nc3cccc(Cl)c3Cl)C2=O)cc1. The first kappa shape index (κ1) is 22.8. The normalized spacial score (nSPS) is 15.2. The van der Waals surface area contributed by atoms with E-state index in [0.717, 1.165) is 12.0 Å². The van der Waals surface area contributed by atoms with Gasteiger partial charge in [-0.05, 0) is 42.2 Å². The van der Waals surface area contributed by atoms with E-state index in [1.807, 2.05) is 18.2 Å². The van der Waals surface area contributed by atoms with Gasteiger partial charge in [0, 0.05) is 13.0 Å². The van der Waals surface area contributed by atoms with E-state index in [2.05, 4.69) is 24.4 Å². The molecule has 2 aromatic rings. The number of carbonyl (C=O) groups excluding carboxylic acids is 2. The molecule has 1 aliphatic heterocycles. The Bertz CT molecular complexity index is 1010.